The summed E-state index contributed by atoms with van der Waals surface area (Å²) in [7, 11) is 0. The minimum atomic E-state index is -0.144. The van der Waals surface area contributed by atoms with E-state index in [0.717, 1.165) is 16.1 Å². The number of carbonyl (C=O) groups excluding carboxylic acids is 1. The van der Waals surface area contributed by atoms with Crippen LogP contribution in [0.3, 0.4) is 0 Å². The molecule has 0 fully saturated rings. The van der Waals surface area contributed by atoms with E-state index >= 15 is 0 Å². The molecule has 0 spiro atoms. The Hall–Kier alpha value is -0.840. The molecule has 0 saturated carbocycles. The SMILES string of the molecule is CCOCN(C(=O)CCl)C(=C(C)C)c1cccs1. The molecule has 1 rings (SSSR count). The number of halogens is 1. The largest absolute Gasteiger partial charge is 0.361 e. The first-order valence-corrected chi connectivity index (χ1v) is 7.18. The van der Waals surface area contributed by atoms with Gasteiger partial charge < -0.3 is 4.74 Å². The number of thiophene rings is 1. The van der Waals surface area contributed by atoms with Gasteiger partial charge in [-0.2, -0.15) is 0 Å². The van der Waals surface area contributed by atoms with E-state index in [4.69, 9.17) is 16.3 Å². The average Bonchev–Trinajstić information content (AvgIpc) is 2.86. The quantitative estimate of drug-likeness (QED) is 0.591. The van der Waals surface area contributed by atoms with Crippen molar-refractivity contribution in [3.63, 3.8) is 0 Å². The second-order valence-electron chi connectivity index (χ2n) is 3.90. The second kappa shape index (κ2) is 7.56. The molecule has 0 radical (unpaired) electrons. The number of hydrogen-bond donors (Lipinski definition) is 0. The molecule has 18 heavy (non-hydrogen) atoms. The number of carbonyl (C=O) groups is 1. The molecule has 0 aliphatic carbocycles. The van der Waals surface area contributed by atoms with Crippen LogP contribution in [0.15, 0.2) is 23.1 Å². The molecule has 1 aromatic heterocycles. The molecule has 0 atom stereocenters. The Morgan fingerprint density at radius 1 is 1.50 bits per heavy atom. The molecule has 1 amide bonds. The van der Waals surface area contributed by atoms with Crippen LogP contribution in [0.2, 0.25) is 0 Å². The van der Waals surface area contributed by atoms with Crippen molar-refractivity contribution in [3.05, 3.63) is 28.0 Å². The molecular formula is C13H18ClNO2S. The molecule has 100 valence electrons. The van der Waals surface area contributed by atoms with Crippen LogP contribution >= 0.6 is 22.9 Å². The third kappa shape index (κ3) is 3.83. The topological polar surface area (TPSA) is 29.5 Å². The van der Waals surface area contributed by atoms with E-state index in [1.807, 2.05) is 38.3 Å². The van der Waals surface area contributed by atoms with Crippen molar-refractivity contribution in [2.45, 2.75) is 20.8 Å². The van der Waals surface area contributed by atoms with Crippen LogP contribution in [0.4, 0.5) is 0 Å². The van der Waals surface area contributed by atoms with Gasteiger partial charge in [-0.1, -0.05) is 11.6 Å². The van der Waals surface area contributed by atoms with Gasteiger partial charge in [-0.15, -0.1) is 22.9 Å². The van der Waals surface area contributed by atoms with Gasteiger partial charge in [-0.05, 0) is 32.2 Å². The number of nitrogens with zero attached hydrogens (tertiary/aromatic N) is 1. The summed E-state index contributed by atoms with van der Waals surface area (Å²) in [6, 6.07) is 3.96. The number of ether oxygens (including phenoxy) is 1. The third-order valence-electron chi connectivity index (χ3n) is 2.34. The molecular weight excluding hydrogens is 270 g/mol. The van der Waals surface area contributed by atoms with Crippen molar-refractivity contribution < 1.29 is 9.53 Å². The van der Waals surface area contributed by atoms with E-state index in [0.29, 0.717) is 6.61 Å². The van der Waals surface area contributed by atoms with Gasteiger partial charge >= 0.3 is 0 Å². The summed E-state index contributed by atoms with van der Waals surface area (Å²) in [5.41, 5.74) is 1.96. The van der Waals surface area contributed by atoms with Crippen molar-refractivity contribution in [3.8, 4) is 0 Å². The van der Waals surface area contributed by atoms with Gasteiger partial charge in [-0.25, -0.2) is 0 Å². The second-order valence-corrected chi connectivity index (χ2v) is 5.12. The molecule has 0 aromatic carbocycles. The molecule has 0 N–H and O–H groups in total. The zero-order valence-electron chi connectivity index (χ0n) is 10.9. The zero-order chi connectivity index (χ0) is 13.5. The van der Waals surface area contributed by atoms with E-state index in [-0.39, 0.29) is 18.5 Å². The minimum Gasteiger partial charge on any atom is -0.361 e. The Balaban J connectivity index is 3.07. The third-order valence-corrected chi connectivity index (χ3v) is 3.44. The monoisotopic (exact) mass is 287 g/mol. The minimum absolute atomic E-state index is 0.0464. The number of rotatable bonds is 6. The summed E-state index contributed by atoms with van der Waals surface area (Å²) < 4.78 is 5.36. The lowest BCUT2D eigenvalue weighted by molar-refractivity contribution is -0.129. The molecule has 3 nitrogen and oxygen atoms in total. The predicted octanol–water partition coefficient (Wildman–Crippen LogP) is 3.56. The molecule has 0 aliphatic heterocycles. The molecule has 1 heterocycles. The lowest BCUT2D eigenvalue weighted by atomic mass is 10.2. The molecule has 0 bridgehead atoms. The van der Waals surface area contributed by atoms with E-state index < -0.39 is 0 Å². The average molecular weight is 288 g/mol. The van der Waals surface area contributed by atoms with Crippen LogP contribution < -0.4 is 0 Å². The van der Waals surface area contributed by atoms with E-state index in [1.54, 1.807) is 16.2 Å². The first-order valence-electron chi connectivity index (χ1n) is 5.77. The number of allylic oxidation sites excluding steroid dienone is 1. The maximum absolute atomic E-state index is 11.9. The van der Waals surface area contributed by atoms with E-state index in [2.05, 4.69) is 0 Å². The van der Waals surface area contributed by atoms with Crippen molar-refractivity contribution in [2.75, 3.05) is 19.2 Å². The van der Waals surface area contributed by atoms with Gasteiger partial charge in [0.15, 0.2) is 0 Å². The number of alkyl halides is 1. The summed E-state index contributed by atoms with van der Waals surface area (Å²) in [6.45, 7) is 6.66. The Kier molecular flexibility index (Phi) is 6.39. The first kappa shape index (κ1) is 15.2. The van der Waals surface area contributed by atoms with Crippen LogP contribution in [0.25, 0.3) is 5.70 Å². The fourth-order valence-electron chi connectivity index (χ4n) is 1.58. The fourth-order valence-corrected chi connectivity index (χ4v) is 2.61. The van der Waals surface area contributed by atoms with Crippen molar-refractivity contribution in [1.82, 2.24) is 4.90 Å². The molecule has 0 saturated heterocycles. The summed E-state index contributed by atoms with van der Waals surface area (Å²) in [5, 5.41) is 1.99. The first-order chi connectivity index (χ1) is 8.61. The highest BCUT2D eigenvalue weighted by Crippen LogP contribution is 2.27. The highest BCUT2D eigenvalue weighted by molar-refractivity contribution is 7.11. The fraction of sp³-hybridized carbons (Fsp3) is 0.462. The summed E-state index contributed by atoms with van der Waals surface area (Å²) in [5.74, 6) is -0.190. The Labute approximate surface area is 117 Å². The van der Waals surface area contributed by atoms with Crippen LogP contribution in [0.1, 0.15) is 25.6 Å². The van der Waals surface area contributed by atoms with Crippen molar-refractivity contribution in [1.29, 1.82) is 0 Å². The maximum atomic E-state index is 11.9. The van der Waals surface area contributed by atoms with Crippen LogP contribution in [0.5, 0.6) is 0 Å². The zero-order valence-corrected chi connectivity index (χ0v) is 12.5. The highest BCUT2D eigenvalue weighted by atomic mass is 35.5. The standard InChI is InChI=1S/C13H18ClNO2S/c1-4-17-9-15(12(16)8-14)13(10(2)3)11-6-5-7-18-11/h5-7H,4,8-9H2,1-3H3. The lowest BCUT2D eigenvalue weighted by Gasteiger charge is -2.25. The molecule has 1 aromatic rings. The van der Waals surface area contributed by atoms with Gasteiger partial charge in [0.05, 0.1) is 10.6 Å². The van der Waals surface area contributed by atoms with Gasteiger partial charge in [0.2, 0.25) is 5.91 Å². The summed E-state index contributed by atoms with van der Waals surface area (Å²) >= 11 is 7.27. The Bertz CT molecular complexity index is 411. The van der Waals surface area contributed by atoms with E-state index in [1.165, 1.54) is 0 Å². The Morgan fingerprint density at radius 2 is 2.22 bits per heavy atom. The van der Waals surface area contributed by atoms with Crippen molar-refractivity contribution in [2.24, 2.45) is 0 Å². The van der Waals surface area contributed by atoms with Gasteiger partial charge in [0.1, 0.15) is 12.6 Å². The van der Waals surface area contributed by atoms with Crippen LogP contribution in [0, 0.1) is 0 Å². The van der Waals surface area contributed by atoms with Gasteiger partial charge in [0.25, 0.3) is 0 Å². The van der Waals surface area contributed by atoms with Crippen molar-refractivity contribution >= 4 is 34.5 Å². The lowest BCUT2D eigenvalue weighted by Crippen LogP contribution is -2.33. The number of hydrogen-bond acceptors (Lipinski definition) is 3. The Morgan fingerprint density at radius 3 is 2.67 bits per heavy atom. The van der Waals surface area contributed by atoms with Crippen LogP contribution in [-0.2, 0) is 9.53 Å². The maximum Gasteiger partial charge on any atom is 0.243 e. The predicted molar refractivity (Wildman–Crippen MR) is 76.6 cm³/mol. The number of amides is 1. The summed E-state index contributed by atoms with van der Waals surface area (Å²) in [6.07, 6.45) is 0. The molecule has 0 aliphatic rings. The van der Waals surface area contributed by atoms with Gasteiger partial charge in [-0.3, -0.25) is 9.69 Å². The van der Waals surface area contributed by atoms with Crippen LogP contribution in [-0.4, -0.2) is 30.0 Å². The highest BCUT2D eigenvalue weighted by Gasteiger charge is 2.20. The molecule has 0 unspecified atom stereocenters. The van der Waals surface area contributed by atoms with E-state index in [9.17, 15) is 4.79 Å². The normalized spacial score (nSPS) is 10.2. The smallest absolute Gasteiger partial charge is 0.243 e. The van der Waals surface area contributed by atoms with Gasteiger partial charge in [0, 0.05) is 6.61 Å². The molecule has 5 heteroatoms. The summed E-state index contributed by atoms with van der Waals surface area (Å²) in [4.78, 5) is 14.6.